The first-order valence-electron chi connectivity index (χ1n) is 7.28. The number of anilines is 1. The summed E-state index contributed by atoms with van der Waals surface area (Å²) < 4.78 is 5.41. The molecule has 1 aromatic heterocycles. The van der Waals surface area contributed by atoms with Crippen LogP contribution in [0, 0.1) is 6.92 Å². The van der Waals surface area contributed by atoms with Gasteiger partial charge in [0.05, 0.1) is 17.8 Å². The van der Waals surface area contributed by atoms with Gasteiger partial charge in [-0.2, -0.15) is 0 Å². The van der Waals surface area contributed by atoms with E-state index >= 15 is 0 Å². The van der Waals surface area contributed by atoms with E-state index in [4.69, 9.17) is 4.74 Å². The number of nitrogens with zero attached hydrogens (tertiary/aromatic N) is 3. The average Bonchev–Trinajstić information content (AvgIpc) is 3.01. The maximum atomic E-state index is 12.4. The molecule has 22 heavy (non-hydrogen) atoms. The lowest BCUT2D eigenvalue weighted by molar-refractivity contribution is 0.0741. The molecule has 0 atom stereocenters. The van der Waals surface area contributed by atoms with Gasteiger partial charge >= 0.3 is 0 Å². The molecule has 1 amide bonds. The van der Waals surface area contributed by atoms with Crippen LogP contribution in [0.15, 0.2) is 29.6 Å². The van der Waals surface area contributed by atoms with E-state index in [1.165, 1.54) is 11.3 Å². The van der Waals surface area contributed by atoms with Gasteiger partial charge in [0, 0.05) is 31.6 Å². The zero-order valence-electron chi connectivity index (χ0n) is 12.8. The van der Waals surface area contributed by atoms with E-state index in [0.29, 0.717) is 18.8 Å². The lowest BCUT2D eigenvalue weighted by Gasteiger charge is -2.36. The first-order chi connectivity index (χ1) is 10.7. The SMILES string of the molecule is COc1ccccc1N1CCN(C(=O)c2csc(C)n2)CC1. The van der Waals surface area contributed by atoms with Crippen LogP contribution in [0.1, 0.15) is 15.5 Å². The molecule has 0 saturated carbocycles. The predicted octanol–water partition coefficient (Wildman–Crippen LogP) is 2.42. The fourth-order valence-electron chi connectivity index (χ4n) is 2.67. The molecule has 3 rings (SSSR count). The number of carbonyl (C=O) groups excluding carboxylic acids is 1. The number of ether oxygens (including phenoxy) is 1. The van der Waals surface area contributed by atoms with Crippen LogP contribution in [0.2, 0.25) is 0 Å². The maximum Gasteiger partial charge on any atom is 0.273 e. The van der Waals surface area contributed by atoms with Crippen LogP contribution in [0.25, 0.3) is 0 Å². The Balaban J connectivity index is 1.66. The number of aromatic nitrogens is 1. The Morgan fingerprint density at radius 1 is 1.23 bits per heavy atom. The van der Waals surface area contributed by atoms with Crippen molar-refractivity contribution in [2.75, 3.05) is 38.2 Å². The van der Waals surface area contributed by atoms with E-state index in [9.17, 15) is 4.79 Å². The lowest BCUT2D eigenvalue weighted by Crippen LogP contribution is -2.49. The van der Waals surface area contributed by atoms with Crippen LogP contribution >= 0.6 is 11.3 Å². The monoisotopic (exact) mass is 317 g/mol. The predicted molar refractivity (Wildman–Crippen MR) is 88.0 cm³/mol. The van der Waals surface area contributed by atoms with Crippen molar-refractivity contribution in [3.05, 3.63) is 40.3 Å². The molecule has 2 heterocycles. The minimum atomic E-state index is 0.0315. The van der Waals surface area contributed by atoms with Crippen molar-refractivity contribution in [1.82, 2.24) is 9.88 Å². The summed E-state index contributed by atoms with van der Waals surface area (Å²) in [6.45, 7) is 4.92. The molecule has 1 aliphatic heterocycles. The highest BCUT2D eigenvalue weighted by Gasteiger charge is 2.24. The van der Waals surface area contributed by atoms with Gasteiger partial charge in [-0.3, -0.25) is 4.79 Å². The summed E-state index contributed by atoms with van der Waals surface area (Å²) in [5, 5.41) is 2.76. The Kier molecular flexibility index (Phi) is 4.29. The van der Waals surface area contributed by atoms with Gasteiger partial charge in [0.2, 0.25) is 0 Å². The third-order valence-electron chi connectivity index (χ3n) is 3.83. The molecule has 1 saturated heterocycles. The molecular weight excluding hydrogens is 298 g/mol. The smallest absolute Gasteiger partial charge is 0.273 e. The number of benzene rings is 1. The summed E-state index contributed by atoms with van der Waals surface area (Å²) in [5.74, 6) is 0.904. The van der Waals surface area contributed by atoms with E-state index in [-0.39, 0.29) is 5.91 Å². The number of amides is 1. The number of methoxy groups -OCH3 is 1. The molecule has 0 N–H and O–H groups in total. The zero-order valence-corrected chi connectivity index (χ0v) is 13.6. The van der Waals surface area contributed by atoms with Gasteiger partial charge in [-0.25, -0.2) is 4.98 Å². The van der Waals surface area contributed by atoms with Crippen molar-refractivity contribution in [3.63, 3.8) is 0 Å². The van der Waals surface area contributed by atoms with Gasteiger partial charge in [0.1, 0.15) is 11.4 Å². The normalized spacial score (nSPS) is 15.0. The summed E-state index contributed by atoms with van der Waals surface area (Å²) in [7, 11) is 1.68. The number of piperazine rings is 1. The molecule has 1 aliphatic rings. The van der Waals surface area contributed by atoms with Crippen LogP contribution in [-0.2, 0) is 0 Å². The van der Waals surface area contributed by atoms with Crippen molar-refractivity contribution in [2.24, 2.45) is 0 Å². The van der Waals surface area contributed by atoms with Crippen molar-refractivity contribution in [2.45, 2.75) is 6.92 Å². The second kappa shape index (κ2) is 6.36. The number of aryl methyl sites for hydroxylation is 1. The quantitative estimate of drug-likeness (QED) is 0.872. The molecule has 5 nitrogen and oxygen atoms in total. The van der Waals surface area contributed by atoms with Crippen molar-refractivity contribution >= 4 is 22.9 Å². The lowest BCUT2D eigenvalue weighted by atomic mass is 10.2. The van der Waals surface area contributed by atoms with E-state index in [0.717, 1.165) is 29.5 Å². The highest BCUT2D eigenvalue weighted by Crippen LogP contribution is 2.28. The van der Waals surface area contributed by atoms with Crippen LogP contribution in [0.3, 0.4) is 0 Å². The van der Waals surface area contributed by atoms with Gasteiger partial charge < -0.3 is 14.5 Å². The Morgan fingerprint density at radius 2 is 1.95 bits per heavy atom. The molecule has 0 unspecified atom stereocenters. The summed E-state index contributed by atoms with van der Waals surface area (Å²) in [6, 6.07) is 7.99. The Morgan fingerprint density at radius 3 is 2.59 bits per heavy atom. The highest BCUT2D eigenvalue weighted by atomic mass is 32.1. The fraction of sp³-hybridized carbons (Fsp3) is 0.375. The number of thiazole rings is 1. The Bertz CT molecular complexity index is 663. The van der Waals surface area contributed by atoms with Gasteiger partial charge in [-0.05, 0) is 19.1 Å². The molecule has 116 valence electrons. The van der Waals surface area contributed by atoms with E-state index < -0.39 is 0 Å². The molecule has 0 spiro atoms. The second-order valence-corrected chi connectivity index (χ2v) is 6.27. The molecule has 2 aromatic rings. The highest BCUT2D eigenvalue weighted by molar-refractivity contribution is 7.09. The van der Waals surface area contributed by atoms with Crippen LogP contribution in [-0.4, -0.2) is 49.1 Å². The van der Waals surface area contributed by atoms with Gasteiger partial charge in [0.25, 0.3) is 5.91 Å². The van der Waals surface area contributed by atoms with Gasteiger partial charge in [-0.15, -0.1) is 11.3 Å². The van der Waals surface area contributed by atoms with Crippen LogP contribution < -0.4 is 9.64 Å². The maximum absolute atomic E-state index is 12.4. The zero-order chi connectivity index (χ0) is 15.5. The van der Waals surface area contributed by atoms with E-state index in [2.05, 4.69) is 16.0 Å². The van der Waals surface area contributed by atoms with Crippen molar-refractivity contribution in [1.29, 1.82) is 0 Å². The minimum Gasteiger partial charge on any atom is -0.495 e. The molecule has 0 bridgehead atoms. The molecule has 0 aliphatic carbocycles. The van der Waals surface area contributed by atoms with Gasteiger partial charge in [0.15, 0.2) is 0 Å². The van der Waals surface area contributed by atoms with Crippen molar-refractivity contribution < 1.29 is 9.53 Å². The Hall–Kier alpha value is -2.08. The van der Waals surface area contributed by atoms with Crippen LogP contribution in [0.5, 0.6) is 5.75 Å². The first kappa shape index (κ1) is 14.8. The van der Waals surface area contributed by atoms with Gasteiger partial charge in [-0.1, -0.05) is 12.1 Å². The molecular formula is C16H19N3O2S. The van der Waals surface area contributed by atoms with Crippen LogP contribution in [0.4, 0.5) is 5.69 Å². The van der Waals surface area contributed by atoms with E-state index in [1.54, 1.807) is 7.11 Å². The third kappa shape index (κ3) is 2.92. The molecule has 0 radical (unpaired) electrons. The summed E-state index contributed by atoms with van der Waals surface area (Å²) >= 11 is 1.51. The number of hydrogen-bond acceptors (Lipinski definition) is 5. The number of carbonyl (C=O) groups is 1. The first-order valence-corrected chi connectivity index (χ1v) is 8.16. The largest absolute Gasteiger partial charge is 0.495 e. The minimum absolute atomic E-state index is 0.0315. The summed E-state index contributed by atoms with van der Waals surface area (Å²) in [4.78, 5) is 20.8. The van der Waals surface area contributed by atoms with E-state index in [1.807, 2.05) is 35.4 Å². The number of para-hydroxylation sites is 2. The Labute approximate surface area is 134 Å². The standard InChI is InChI=1S/C16H19N3O2S/c1-12-17-13(11-22-12)16(20)19-9-7-18(8-10-19)14-5-3-4-6-15(14)21-2/h3-6,11H,7-10H2,1-2H3. The fourth-order valence-corrected chi connectivity index (χ4v) is 3.25. The van der Waals surface area contributed by atoms with Crippen molar-refractivity contribution in [3.8, 4) is 5.75 Å². The third-order valence-corrected chi connectivity index (χ3v) is 4.60. The molecule has 6 heteroatoms. The summed E-state index contributed by atoms with van der Waals surface area (Å²) in [6.07, 6.45) is 0. The average molecular weight is 317 g/mol. The second-order valence-electron chi connectivity index (χ2n) is 5.20. The molecule has 1 fully saturated rings. The summed E-state index contributed by atoms with van der Waals surface area (Å²) in [5.41, 5.74) is 1.65. The molecule has 1 aromatic carbocycles. The number of rotatable bonds is 3. The topological polar surface area (TPSA) is 45.7 Å². The number of hydrogen-bond donors (Lipinski definition) is 0.